The zero-order valence-corrected chi connectivity index (χ0v) is 14.8. The maximum atomic E-state index is 12.1. The molecule has 128 valence electrons. The Balaban J connectivity index is 1.81. The van der Waals surface area contributed by atoms with Crippen molar-refractivity contribution in [2.45, 2.75) is 0 Å². The Labute approximate surface area is 153 Å². The first-order chi connectivity index (χ1) is 12.0. The summed E-state index contributed by atoms with van der Waals surface area (Å²) in [5.41, 5.74) is 3.87. The van der Waals surface area contributed by atoms with Crippen LogP contribution in [0.2, 0.25) is 10.2 Å². The van der Waals surface area contributed by atoms with Gasteiger partial charge in [-0.05, 0) is 18.2 Å². The van der Waals surface area contributed by atoms with Gasteiger partial charge in [-0.15, -0.1) is 0 Å². The number of aryl methyl sites for hydroxylation is 1. The highest BCUT2D eigenvalue weighted by Crippen LogP contribution is 2.23. The fourth-order valence-electron chi connectivity index (χ4n) is 2.24. The number of nitrogens with zero attached hydrogens (tertiary/aromatic N) is 4. The number of pyridine rings is 1. The molecule has 0 aliphatic heterocycles. The van der Waals surface area contributed by atoms with Crippen molar-refractivity contribution < 1.29 is 9.53 Å². The SMILES string of the molecule is COc1ccc2cc(C=NNC(=O)c3c(Cl)cnn3C)c(Cl)nc2c1. The van der Waals surface area contributed by atoms with Gasteiger partial charge in [-0.3, -0.25) is 9.48 Å². The molecule has 0 spiro atoms. The van der Waals surface area contributed by atoms with Gasteiger partial charge in [0.2, 0.25) is 0 Å². The summed E-state index contributed by atoms with van der Waals surface area (Å²) in [4.78, 5) is 16.4. The van der Waals surface area contributed by atoms with Gasteiger partial charge in [0.15, 0.2) is 0 Å². The Morgan fingerprint density at radius 3 is 2.84 bits per heavy atom. The summed E-state index contributed by atoms with van der Waals surface area (Å²) in [6.45, 7) is 0. The molecule has 0 fully saturated rings. The largest absolute Gasteiger partial charge is 0.497 e. The summed E-state index contributed by atoms with van der Waals surface area (Å²) in [6, 6.07) is 7.29. The van der Waals surface area contributed by atoms with Crippen molar-refractivity contribution >= 4 is 46.2 Å². The third-order valence-corrected chi connectivity index (χ3v) is 4.06. The van der Waals surface area contributed by atoms with Gasteiger partial charge < -0.3 is 4.74 Å². The minimum atomic E-state index is -0.476. The number of carbonyl (C=O) groups is 1. The average Bonchev–Trinajstić information content (AvgIpc) is 2.93. The van der Waals surface area contributed by atoms with Gasteiger partial charge in [-0.1, -0.05) is 23.2 Å². The first-order valence-corrected chi connectivity index (χ1v) is 7.90. The molecule has 0 atom stereocenters. The molecular weight excluding hydrogens is 365 g/mol. The van der Waals surface area contributed by atoms with Gasteiger partial charge >= 0.3 is 0 Å². The Bertz CT molecular complexity index is 965. The quantitative estimate of drug-likeness (QED) is 0.430. The van der Waals surface area contributed by atoms with Crippen LogP contribution in [0, 0.1) is 0 Å². The van der Waals surface area contributed by atoms with Crippen molar-refractivity contribution in [3.05, 3.63) is 51.9 Å². The van der Waals surface area contributed by atoms with Crippen LogP contribution < -0.4 is 10.2 Å². The van der Waals surface area contributed by atoms with E-state index in [0.717, 1.165) is 5.39 Å². The predicted octanol–water partition coefficient (Wildman–Crippen LogP) is 3.05. The lowest BCUT2D eigenvalue weighted by Crippen LogP contribution is -2.21. The second kappa shape index (κ2) is 7.08. The number of ether oxygens (including phenoxy) is 1. The molecule has 7 nitrogen and oxygen atoms in total. The van der Waals surface area contributed by atoms with Crippen LogP contribution in [0.1, 0.15) is 16.1 Å². The van der Waals surface area contributed by atoms with E-state index in [0.29, 0.717) is 16.8 Å². The number of nitrogens with one attached hydrogen (secondary N) is 1. The normalized spacial score (nSPS) is 11.2. The van der Waals surface area contributed by atoms with Gasteiger partial charge in [-0.25, -0.2) is 10.4 Å². The molecule has 1 amide bonds. The molecule has 1 aromatic carbocycles. The third-order valence-electron chi connectivity index (χ3n) is 3.48. The third kappa shape index (κ3) is 3.57. The number of benzene rings is 1. The summed E-state index contributed by atoms with van der Waals surface area (Å²) < 4.78 is 6.53. The van der Waals surface area contributed by atoms with E-state index in [9.17, 15) is 4.79 Å². The number of halogens is 2. The molecule has 0 saturated carbocycles. The zero-order valence-electron chi connectivity index (χ0n) is 13.3. The van der Waals surface area contributed by atoms with Gasteiger partial charge in [0.05, 0.1) is 30.1 Å². The number of aromatic nitrogens is 3. The van der Waals surface area contributed by atoms with Crippen LogP contribution in [0.25, 0.3) is 10.9 Å². The molecule has 2 aromatic heterocycles. The van der Waals surface area contributed by atoms with Crippen LogP contribution in [0.3, 0.4) is 0 Å². The first-order valence-electron chi connectivity index (χ1n) is 7.15. The molecule has 3 rings (SSSR count). The number of hydrazone groups is 1. The van der Waals surface area contributed by atoms with Crippen LogP contribution in [0.5, 0.6) is 5.75 Å². The Hall–Kier alpha value is -2.64. The number of rotatable bonds is 4. The molecule has 25 heavy (non-hydrogen) atoms. The van der Waals surface area contributed by atoms with Crippen molar-refractivity contribution in [1.82, 2.24) is 20.2 Å². The van der Waals surface area contributed by atoms with E-state index >= 15 is 0 Å². The van der Waals surface area contributed by atoms with E-state index in [1.54, 1.807) is 20.2 Å². The second-order valence-corrected chi connectivity index (χ2v) is 5.86. The molecule has 0 unspecified atom stereocenters. The molecule has 0 saturated heterocycles. The molecule has 3 aromatic rings. The summed E-state index contributed by atoms with van der Waals surface area (Å²) in [5, 5.41) is 9.18. The van der Waals surface area contributed by atoms with E-state index in [1.807, 2.05) is 18.2 Å². The summed E-state index contributed by atoms with van der Waals surface area (Å²) in [7, 11) is 3.20. The molecule has 9 heteroatoms. The van der Waals surface area contributed by atoms with Gasteiger partial charge in [0.1, 0.15) is 16.6 Å². The molecule has 0 radical (unpaired) electrons. The van der Waals surface area contributed by atoms with Gasteiger partial charge in [0, 0.05) is 24.1 Å². The zero-order chi connectivity index (χ0) is 18.0. The highest BCUT2D eigenvalue weighted by atomic mass is 35.5. The Kier molecular flexibility index (Phi) is 4.87. The maximum Gasteiger partial charge on any atom is 0.291 e. The standard InChI is InChI=1S/C16H13Cl2N5O2/c1-23-14(12(17)8-20-23)16(24)22-19-7-10-5-9-3-4-11(25-2)6-13(9)21-15(10)18/h3-8H,1-2H3,(H,22,24). The van der Waals surface area contributed by atoms with Crippen LogP contribution in [0.15, 0.2) is 35.6 Å². The smallest absolute Gasteiger partial charge is 0.291 e. The Morgan fingerprint density at radius 2 is 2.16 bits per heavy atom. The van der Waals surface area contributed by atoms with Crippen molar-refractivity contribution in [2.75, 3.05) is 7.11 Å². The molecule has 0 aliphatic carbocycles. The second-order valence-electron chi connectivity index (χ2n) is 5.09. The van der Waals surface area contributed by atoms with Gasteiger partial charge in [-0.2, -0.15) is 10.2 Å². The number of hydrogen-bond donors (Lipinski definition) is 1. The number of amides is 1. The molecular formula is C16H13Cl2N5O2. The monoisotopic (exact) mass is 377 g/mol. The fourth-order valence-corrected chi connectivity index (χ4v) is 2.68. The minimum absolute atomic E-state index is 0.216. The lowest BCUT2D eigenvalue weighted by atomic mass is 10.1. The van der Waals surface area contributed by atoms with Gasteiger partial charge in [0.25, 0.3) is 5.91 Å². The Morgan fingerprint density at radius 1 is 1.36 bits per heavy atom. The van der Waals surface area contributed by atoms with Crippen LogP contribution >= 0.6 is 23.2 Å². The van der Waals surface area contributed by atoms with E-state index < -0.39 is 5.91 Å². The van der Waals surface area contributed by atoms with Crippen LogP contribution in [0.4, 0.5) is 0 Å². The summed E-state index contributed by atoms with van der Waals surface area (Å²) in [5.74, 6) is 0.216. The minimum Gasteiger partial charge on any atom is -0.497 e. The lowest BCUT2D eigenvalue weighted by molar-refractivity contribution is 0.0946. The van der Waals surface area contributed by atoms with E-state index in [1.165, 1.54) is 17.1 Å². The van der Waals surface area contributed by atoms with Crippen molar-refractivity contribution in [2.24, 2.45) is 12.1 Å². The average molecular weight is 378 g/mol. The summed E-state index contributed by atoms with van der Waals surface area (Å²) >= 11 is 12.1. The molecule has 0 bridgehead atoms. The summed E-state index contributed by atoms with van der Waals surface area (Å²) in [6.07, 6.45) is 2.81. The van der Waals surface area contributed by atoms with Crippen LogP contribution in [-0.4, -0.2) is 34.0 Å². The first kappa shape index (κ1) is 17.2. The lowest BCUT2D eigenvalue weighted by Gasteiger charge is -2.05. The molecule has 2 heterocycles. The highest BCUT2D eigenvalue weighted by molar-refractivity contribution is 6.33. The number of fused-ring (bicyclic) bond motifs is 1. The van der Waals surface area contributed by atoms with Crippen molar-refractivity contribution in [1.29, 1.82) is 0 Å². The fraction of sp³-hybridized carbons (Fsp3) is 0.125. The van der Waals surface area contributed by atoms with Crippen molar-refractivity contribution in [3.8, 4) is 5.75 Å². The number of hydrogen-bond acceptors (Lipinski definition) is 5. The highest BCUT2D eigenvalue weighted by Gasteiger charge is 2.14. The van der Waals surface area contributed by atoms with Crippen molar-refractivity contribution in [3.63, 3.8) is 0 Å². The van der Waals surface area contributed by atoms with E-state index in [-0.39, 0.29) is 15.9 Å². The number of carbonyl (C=O) groups excluding carboxylic acids is 1. The molecule has 1 N–H and O–H groups in total. The van der Waals surface area contributed by atoms with E-state index in [2.05, 4.69) is 20.6 Å². The van der Waals surface area contributed by atoms with E-state index in [4.69, 9.17) is 27.9 Å². The molecule has 0 aliphatic rings. The maximum absolute atomic E-state index is 12.1. The predicted molar refractivity (Wildman–Crippen MR) is 96.6 cm³/mol. The topological polar surface area (TPSA) is 81.4 Å². The van der Waals surface area contributed by atoms with Crippen LogP contribution in [-0.2, 0) is 7.05 Å². The number of methoxy groups -OCH3 is 1.